The van der Waals surface area contributed by atoms with Crippen molar-refractivity contribution < 1.29 is 19.4 Å². The summed E-state index contributed by atoms with van der Waals surface area (Å²) in [4.78, 5) is 24.9. The van der Waals surface area contributed by atoms with Crippen molar-refractivity contribution in [1.82, 2.24) is 4.90 Å². The number of esters is 1. The van der Waals surface area contributed by atoms with Crippen molar-refractivity contribution >= 4 is 35.1 Å². The van der Waals surface area contributed by atoms with Crippen LogP contribution in [0.15, 0.2) is 46.6 Å². The lowest BCUT2D eigenvalue weighted by Crippen LogP contribution is -2.51. The summed E-state index contributed by atoms with van der Waals surface area (Å²) < 4.78 is 4.85. The SMILES string of the molecule is CCOC(=O)/C(Cl)=C/C1(Cl)C=CC(N2C(=O)C3=C(CCCC3)C2(C)O)C=C1. The topological polar surface area (TPSA) is 66.8 Å². The van der Waals surface area contributed by atoms with Crippen molar-refractivity contribution in [2.24, 2.45) is 0 Å². The molecule has 3 aliphatic rings. The Bertz CT molecular complexity index is 765. The molecule has 0 aromatic carbocycles. The van der Waals surface area contributed by atoms with Crippen LogP contribution in [0, 0.1) is 0 Å². The van der Waals surface area contributed by atoms with E-state index in [0.717, 1.165) is 30.4 Å². The number of amides is 1. The Balaban J connectivity index is 1.80. The van der Waals surface area contributed by atoms with E-state index in [1.165, 1.54) is 11.0 Å². The third-order valence-electron chi connectivity index (χ3n) is 5.20. The maximum Gasteiger partial charge on any atom is 0.349 e. The van der Waals surface area contributed by atoms with Crippen LogP contribution in [0.5, 0.6) is 0 Å². The number of alkyl halides is 1. The largest absolute Gasteiger partial charge is 0.462 e. The molecule has 0 saturated carbocycles. The molecule has 1 atom stereocenters. The van der Waals surface area contributed by atoms with Gasteiger partial charge in [-0.2, -0.15) is 0 Å². The maximum absolute atomic E-state index is 12.9. The third-order valence-corrected chi connectivity index (χ3v) is 5.82. The lowest BCUT2D eigenvalue weighted by Gasteiger charge is -2.38. The van der Waals surface area contributed by atoms with Gasteiger partial charge in [0.2, 0.25) is 0 Å². The summed E-state index contributed by atoms with van der Waals surface area (Å²) in [5.74, 6) is -0.770. The Kier molecular flexibility index (Phi) is 5.57. The molecule has 7 heteroatoms. The molecule has 146 valence electrons. The monoisotopic (exact) mass is 411 g/mol. The van der Waals surface area contributed by atoms with E-state index in [9.17, 15) is 14.7 Å². The molecule has 0 bridgehead atoms. The van der Waals surface area contributed by atoms with Crippen molar-refractivity contribution in [3.63, 3.8) is 0 Å². The third kappa shape index (κ3) is 3.73. The molecule has 0 radical (unpaired) electrons. The molecule has 3 rings (SSSR count). The van der Waals surface area contributed by atoms with Gasteiger partial charge < -0.3 is 9.84 Å². The second kappa shape index (κ2) is 7.46. The molecular formula is C20H23Cl2NO4. The van der Waals surface area contributed by atoms with Crippen LogP contribution in [0.3, 0.4) is 0 Å². The van der Waals surface area contributed by atoms with Gasteiger partial charge in [0.25, 0.3) is 5.91 Å². The molecule has 2 aliphatic carbocycles. The van der Waals surface area contributed by atoms with Gasteiger partial charge in [0.05, 0.1) is 12.6 Å². The zero-order valence-corrected chi connectivity index (χ0v) is 16.9. The number of hydrogen-bond donors (Lipinski definition) is 1. The van der Waals surface area contributed by atoms with Gasteiger partial charge in [0.15, 0.2) is 5.72 Å². The zero-order chi connectivity index (χ0) is 19.8. The van der Waals surface area contributed by atoms with Gasteiger partial charge in [-0.05, 0) is 51.2 Å². The Hall–Kier alpha value is -1.56. The molecule has 1 unspecified atom stereocenters. The average Bonchev–Trinajstić information content (AvgIpc) is 2.83. The van der Waals surface area contributed by atoms with E-state index in [2.05, 4.69) is 0 Å². The van der Waals surface area contributed by atoms with Crippen molar-refractivity contribution in [2.45, 2.75) is 56.2 Å². The first kappa shape index (κ1) is 20.2. The molecule has 1 heterocycles. The highest BCUT2D eigenvalue weighted by molar-refractivity contribution is 6.42. The first-order valence-corrected chi connectivity index (χ1v) is 9.87. The van der Waals surface area contributed by atoms with E-state index < -0.39 is 22.6 Å². The molecule has 5 nitrogen and oxygen atoms in total. The quantitative estimate of drug-likeness (QED) is 0.332. The number of rotatable bonds is 4. The van der Waals surface area contributed by atoms with Crippen molar-refractivity contribution in [3.05, 3.63) is 46.6 Å². The van der Waals surface area contributed by atoms with Crippen LogP contribution >= 0.6 is 23.2 Å². The Labute approximate surface area is 168 Å². The van der Waals surface area contributed by atoms with Crippen LogP contribution in [0.2, 0.25) is 0 Å². The highest BCUT2D eigenvalue weighted by atomic mass is 35.5. The summed E-state index contributed by atoms with van der Waals surface area (Å²) in [6.07, 6.45) is 11.6. The normalized spacial score (nSPS) is 33.5. The lowest BCUT2D eigenvalue weighted by molar-refractivity contribution is -0.142. The highest BCUT2D eigenvalue weighted by Crippen LogP contribution is 2.43. The van der Waals surface area contributed by atoms with E-state index in [-0.39, 0.29) is 17.5 Å². The number of carbonyl (C=O) groups excluding carboxylic acids is 2. The predicted octanol–water partition coefficient (Wildman–Crippen LogP) is 3.57. The van der Waals surface area contributed by atoms with Crippen LogP contribution in [0.1, 0.15) is 39.5 Å². The summed E-state index contributed by atoms with van der Waals surface area (Å²) in [6, 6.07) is -0.431. The van der Waals surface area contributed by atoms with Crippen LogP contribution < -0.4 is 0 Å². The van der Waals surface area contributed by atoms with Gasteiger partial charge in [-0.25, -0.2) is 4.79 Å². The fourth-order valence-electron chi connectivity index (χ4n) is 3.91. The minimum Gasteiger partial charge on any atom is -0.462 e. The smallest absolute Gasteiger partial charge is 0.349 e. The van der Waals surface area contributed by atoms with Crippen molar-refractivity contribution in [2.75, 3.05) is 6.61 Å². The van der Waals surface area contributed by atoms with Gasteiger partial charge in [0.1, 0.15) is 9.91 Å². The second-order valence-electron chi connectivity index (χ2n) is 7.11. The van der Waals surface area contributed by atoms with Gasteiger partial charge in [-0.3, -0.25) is 9.69 Å². The minimum absolute atomic E-state index is 0.110. The first-order valence-electron chi connectivity index (χ1n) is 9.11. The Morgan fingerprint density at radius 1 is 1.37 bits per heavy atom. The lowest BCUT2D eigenvalue weighted by atomic mass is 9.89. The molecule has 1 amide bonds. The number of carbonyl (C=O) groups is 2. The van der Waals surface area contributed by atoms with Crippen molar-refractivity contribution in [3.8, 4) is 0 Å². The number of allylic oxidation sites excluding steroid dienone is 3. The van der Waals surface area contributed by atoms with Gasteiger partial charge in [-0.1, -0.05) is 35.9 Å². The highest BCUT2D eigenvalue weighted by Gasteiger charge is 2.49. The number of halogens is 2. The number of hydrogen-bond acceptors (Lipinski definition) is 4. The van der Waals surface area contributed by atoms with Gasteiger partial charge in [-0.15, -0.1) is 11.6 Å². The molecule has 1 N–H and O–H groups in total. The zero-order valence-electron chi connectivity index (χ0n) is 15.4. The van der Waals surface area contributed by atoms with Crippen LogP contribution in [-0.4, -0.2) is 45.1 Å². The van der Waals surface area contributed by atoms with Crippen LogP contribution in [0.25, 0.3) is 0 Å². The summed E-state index contributed by atoms with van der Waals surface area (Å²) >= 11 is 12.5. The van der Waals surface area contributed by atoms with Crippen LogP contribution in [0.4, 0.5) is 0 Å². The summed E-state index contributed by atoms with van der Waals surface area (Å²) in [5.41, 5.74) is 0.256. The standard InChI is InChI=1S/C20H23Cl2NO4/c1-3-27-18(25)16(21)12-20(22)10-8-13(9-11-20)23-17(24)14-6-4-5-7-15(14)19(23,2)26/h8-13,26H,3-7H2,1-2H3/b16-12-. The summed E-state index contributed by atoms with van der Waals surface area (Å²) in [6.45, 7) is 3.58. The van der Waals surface area contributed by atoms with E-state index >= 15 is 0 Å². The van der Waals surface area contributed by atoms with Gasteiger partial charge >= 0.3 is 5.97 Å². The predicted molar refractivity (Wildman–Crippen MR) is 104 cm³/mol. The van der Waals surface area contributed by atoms with E-state index in [0.29, 0.717) is 6.42 Å². The van der Waals surface area contributed by atoms with E-state index in [1.807, 2.05) is 0 Å². The maximum atomic E-state index is 12.9. The second-order valence-corrected chi connectivity index (χ2v) is 8.17. The molecule has 0 fully saturated rings. The average molecular weight is 412 g/mol. The minimum atomic E-state index is -1.31. The molecule has 1 aliphatic heterocycles. The van der Waals surface area contributed by atoms with Crippen LogP contribution in [-0.2, 0) is 14.3 Å². The molecule has 0 saturated heterocycles. The van der Waals surface area contributed by atoms with E-state index in [1.54, 1.807) is 38.2 Å². The number of nitrogens with zero attached hydrogens (tertiary/aromatic N) is 1. The van der Waals surface area contributed by atoms with E-state index in [4.69, 9.17) is 27.9 Å². The Morgan fingerprint density at radius 3 is 2.59 bits per heavy atom. The number of aliphatic hydroxyl groups is 1. The first-order chi connectivity index (χ1) is 12.7. The molecule has 27 heavy (non-hydrogen) atoms. The summed E-state index contributed by atoms with van der Waals surface area (Å²) in [5, 5.41) is 10.9. The fraction of sp³-hybridized carbons (Fsp3) is 0.500. The number of ether oxygens (including phenoxy) is 1. The summed E-state index contributed by atoms with van der Waals surface area (Å²) in [7, 11) is 0. The molecule has 0 aromatic heterocycles. The van der Waals surface area contributed by atoms with Crippen molar-refractivity contribution in [1.29, 1.82) is 0 Å². The Morgan fingerprint density at radius 2 is 2.00 bits per heavy atom. The fourth-order valence-corrected chi connectivity index (χ4v) is 4.46. The molecular weight excluding hydrogens is 389 g/mol. The van der Waals surface area contributed by atoms with Gasteiger partial charge in [0, 0.05) is 5.57 Å². The molecule has 0 spiro atoms. The molecule has 0 aromatic rings.